The number of rotatable bonds is 6. The molecule has 2 aromatic carbocycles. The third-order valence-electron chi connectivity index (χ3n) is 6.42. The van der Waals surface area contributed by atoms with Crippen LogP contribution in [0.25, 0.3) is 11.1 Å². The number of nitrogens with zero attached hydrogens (tertiary/aromatic N) is 3. The number of ether oxygens (including phenoxy) is 1. The maximum atomic E-state index is 12.9. The highest BCUT2D eigenvalue weighted by atomic mass is 16.5. The van der Waals surface area contributed by atoms with Gasteiger partial charge in [-0.1, -0.05) is 55.5 Å². The quantitative estimate of drug-likeness (QED) is 0.584. The second-order valence-corrected chi connectivity index (χ2v) is 8.51. The molecule has 2 amide bonds. The Bertz CT molecular complexity index is 1240. The number of carbonyl (C=O) groups excluding carboxylic acids is 2. The summed E-state index contributed by atoms with van der Waals surface area (Å²) in [5.41, 5.74) is 4.54. The van der Waals surface area contributed by atoms with Crippen LogP contribution in [0.2, 0.25) is 0 Å². The summed E-state index contributed by atoms with van der Waals surface area (Å²) in [5, 5.41) is 16.1. The molecule has 0 fully saturated rings. The molecule has 1 atom stereocenters. The van der Waals surface area contributed by atoms with E-state index in [1.165, 1.54) is 15.8 Å². The SMILES string of the molecule is CC(CNC(=O)OCC1c2ccccc2-c2ccccc21)C(=O)N1CCn2ncc(C(=O)O)c21. The van der Waals surface area contributed by atoms with E-state index in [1.807, 2.05) is 36.4 Å². The van der Waals surface area contributed by atoms with Crippen molar-refractivity contribution in [3.8, 4) is 11.1 Å². The predicted octanol–water partition coefficient (Wildman–Crippen LogP) is 3.10. The normalized spacial score (nSPS) is 14.8. The van der Waals surface area contributed by atoms with Gasteiger partial charge in [0.1, 0.15) is 18.0 Å². The van der Waals surface area contributed by atoms with Crippen LogP contribution in [0.5, 0.6) is 0 Å². The summed E-state index contributed by atoms with van der Waals surface area (Å²) in [6.07, 6.45) is 0.649. The van der Waals surface area contributed by atoms with Crippen molar-refractivity contribution in [2.75, 3.05) is 24.6 Å². The number of carboxylic acid groups (broad SMARTS) is 1. The fraction of sp³-hybridized carbons (Fsp3) is 0.280. The van der Waals surface area contributed by atoms with E-state index in [4.69, 9.17) is 4.74 Å². The van der Waals surface area contributed by atoms with Gasteiger partial charge in [0.25, 0.3) is 0 Å². The molecule has 34 heavy (non-hydrogen) atoms. The molecule has 3 aromatic rings. The van der Waals surface area contributed by atoms with E-state index >= 15 is 0 Å². The molecule has 9 nitrogen and oxygen atoms in total. The number of hydrogen-bond acceptors (Lipinski definition) is 5. The molecule has 174 valence electrons. The van der Waals surface area contributed by atoms with Crippen molar-refractivity contribution in [3.05, 3.63) is 71.4 Å². The van der Waals surface area contributed by atoms with Crippen LogP contribution in [0.15, 0.2) is 54.7 Å². The number of anilines is 1. The van der Waals surface area contributed by atoms with Crippen molar-refractivity contribution in [1.29, 1.82) is 0 Å². The number of amides is 2. The number of hydrogen-bond donors (Lipinski definition) is 2. The molecule has 0 saturated carbocycles. The zero-order valence-corrected chi connectivity index (χ0v) is 18.6. The van der Waals surface area contributed by atoms with E-state index in [9.17, 15) is 19.5 Å². The number of carbonyl (C=O) groups is 3. The van der Waals surface area contributed by atoms with Crippen molar-refractivity contribution in [2.45, 2.75) is 19.4 Å². The van der Waals surface area contributed by atoms with Crippen LogP contribution in [0.4, 0.5) is 10.6 Å². The van der Waals surface area contributed by atoms with E-state index in [0.29, 0.717) is 13.1 Å². The Kier molecular flexibility index (Phi) is 5.53. The molecular formula is C25H24N4O5. The molecule has 1 unspecified atom stereocenters. The number of nitrogens with one attached hydrogen (secondary N) is 1. The summed E-state index contributed by atoms with van der Waals surface area (Å²) in [6, 6.07) is 16.2. The average molecular weight is 460 g/mol. The molecule has 1 aromatic heterocycles. The zero-order chi connectivity index (χ0) is 23.8. The van der Waals surface area contributed by atoms with Crippen molar-refractivity contribution < 1.29 is 24.2 Å². The van der Waals surface area contributed by atoms with Crippen LogP contribution >= 0.6 is 0 Å². The molecule has 0 spiro atoms. The van der Waals surface area contributed by atoms with E-state index < -0.39 is 18.0 Å². The van der Waals surface area contributed by atoms with E-state index in [0.717, 1.165) is 22.3 Å². The molecule has 2 heterocycles. The third-order valence-corrected chi connectivity index (χ3v) is 6.42. The van der Waals surface area contributed by atoms with Gasteiger partial charge < -0.3 is 15.2 Å². The van der Waals surface area contributed by atoms with Crippen LogP contribution in [-0.4, -0.2) is 52.6 Å². The van der Waals surface area contributed by atoms with Crippen molar-refractivity contribution in [1.82, 2.24) is 15.1 Å². The van der Waals surface area contributed by atoms with Gasteiger partial charge in [-0.15, -0.1) is 0 Å². The summed E-state index contributed by atoms with van der Waals surface area (Å²) in [4.78, 5) is 38.2. The minimum absolute atomic E-state index is 0.0115. The summed E-state index contributed by atoms with van der Waals surface area (Å²) in [5.74, 6) is -1.74. The minimum Gasteiger partial charge on any atom is -0.477 e. The molecule has 5 rings (SSSR count). The van der Waals surface area contributed by atoms with Crippen molar-refractivity contribution >= 4 is 23.8 Å². The molecule has 2 aliphatic rings. The fourth-order valence-electron chi connectivity index (χ4n) is 4.73. The Morgan fingerprint density at radius 1 is 1.09 bits per heavy atom. The highest BCUT2D eigenvalue weighted by molar-refractivity contribution is 6.02. The number of fused-ring (bicyclic) bond motifs is 4. The van der Waals surface area contributed by atoms with E-state index in [-0.39, 0.29) is 36.4 Å². The summed E-state index contributed by atoms with van der Waals surface area (Å²) < 4.78 is 7.03. The van der Waals surface area contributed by atoms with Crippen molar-refractivity contribution in [3.63, 3.8) is 0 Å². The lowest BCUT2D eigenvalue weighted by Gasteiger charge is -2.21. The molecule has 0 saturated heterocycles. The van der Waals surface area contributed by atoms with Gasteiger partial charge in [0.15, 0.2) is 0 Å². The number of aromatic nitrogens is 2. The highest BCUT2D eigenvalue weighted by Gasteiger charge is 2.34. The van der Waals surface area contributed by atoms with Crippen LogP contribution in [0, 0.1) is 5.92 Å². The lowest BCUT2D eigenvalue weighted by Crippen LogP contribution is -2.40. The largest absolute Gasteiger partial charge is 0.477 e. The first kappa shape index (κ1) is 21.7. The molecular weight excluding hydrogens is 436 g/mol. The van der Waals surface area contributed by atoms with Gasteiger partial charge in [-0.25, -0.2) is 14.3 Å². The van der Waals surface area contributed by atoms with Gasteiger partial charge in [-0.05, 0) is 22.3 Å². The predicted molar refractivity (Wildman–Crippen MR) is 124 cm³/mol. The Morgan fingerprint density at radius 3 is 2.38 bits per heavy atom. The zero-order valence-electron chi connectivity index (χ0n) is 18.6. The van der Waals surface area contributed by atoms with Gasteiger partial charge in [-0.3, -0.25) is 9.69 Å². The Balaban J connectivity index is 1.18. The smallest absolute Gasteiger partial charge is 0.407 e. The maximum Gasteiger partial charge on any atom is 0.407 e. The lowest BCUT2D eigenvalue weighted by molar-refractivity contribution is -0.121. The molecule has 1 aliphatic carbocycles. The number of carboxylic acids is 1. The molecule has 0 bridgehead atoms. The van der Waals surface area contributed by atoms with Gasteiger partial charge in [-0.2, -0.15) is 5.10 Å². The average Bonchev–Trinajstić information content (AvgIpc) is 3.53. The molecule has 1 aliphatic heterocycles. The van der Waals surface area contributed by atoms with E-state index in [1.54, 1.807) is 6.92 Å². The Labute approximate surface area is 195 Å². The Morgan fingerprint density at radius 2 is 1.74 bits per heavy atom. The second kappa shape index (κ2) is 8.66. The molecule has 0 radical (unpaired) electrons. The van der Waals surface area contributed by atoms with Crippen LogP contribution in [0.1, 0.15) is 34.3 Å². The summed E-state index contributed by atoms with van der Waals surface area (Å²) in [7, 11) is 0. The van der Waals surface area contributed by atoms with Gasteiger partial charge in [0, 0.05) is 19.0 Å². The Hall–Kier alpha value is -4.14. The molecule has 2 N–H and O–H groups in total. The monoisotopic (exact) mass is 460 g/mol. The topological polar surface area (TPSA) is 114 Å². The van der Waals surface area contributed by atoms with Crippen molar-refractivity contribution in [2.24, 2.45) is 5.92 Å². The summed E-state index contributed by atoms with van der Waals surface area (Å²) in [6.45, 7) is 2.72. The van der Waals surface area contributed by atoms with Crippen LogP contribution in [0.3, 0.4) is 0 Å². The van der Waals surface area contributed by atoms with Gasteiger partial charge in [0.05, 0.1) is 18.7 Å². The minimum atomic E-state index is -1.13. The van der Waals surface area contributed by atoms with E-state index in [2.05, 4.69) is 22.5 Å². The second-order valence-electron chi connectivity index (χ2n) is 8.51. The first-order valence-corrected chi connectivity index (χ1v) is 11.1. The van der Waals surface area contributed by atoms with Gasteiger partial charge >= 0.3 is 12.1 Å². The lowest BCUT2D eigenvalue weighted by atomic mass is 9.98. The first-order chi connectivity index (χ1) is 16.5. The number of alkyl carbamates (subject to hydrolysis) is 1. The van der Waals surface area contributed by atoms with Gasteiger partial charge in [0.2, 0.25) is 5.91 Å². The standard InChI is InChI=1S/C25H24N4O5/c1-15(23(30)28-10-11-29-22(28)20(13-27-29)24(31)32)12-26-25(33)34-14-21-18-8-4-2-6-16(18)17-7-3-5-9-19(17)21/h2-9,13,15,21H,10-12,14H2,1H3,(H,26,33)(H,31,32). The maximum absolute atomic E-state index is 12.9. The third kappa shape index (κ3) is 3.68. The fourth-order valence-corrected chi connectivity index (χ4v) is 4.73. The molecule has 9 heteroatoms. The highest BCUT2D eigenvalue weighted by Crippen LogP contribution is 2.44. The van der Waals surface area contributed by atoms with Crippen LogP contribution < -0.4 is 10.2 Å². The number of benzene rings is 2. The first-order valence-electron chi connectivity index (χ1n) is 11.1. The summed E-state index contributed by atoms with van der Waals surface area (Å²) >= 11 is 0. The number of aromatic carboxylic acids is 1. The van der Waals surface area contributed by atoms with Crippen LogP contribution in [-0.2, 0) is 16.1 Å².